The molecule has 0 unspecified atom stereocenters. The van der Waals surface area contributed by atoms with Crippen LogP contribution in [0.2, 0.25) is 0 Å². The summed E-state index contributed by atoms with van der Waals surface area (Å²) < 4.78 is 0. The van der Waals surface area contributed by atoms with E-state index >= 15 is 0 Å². The van der Waals surface area contributed by atoms with Gasteiger partial charge >= 0.3 is 0 Å². The minimum atomic E-state index is -0.573. The lowest BCUT2D eigenvalue weighted by Crippen LogP contribution is -2.36. The molecular weight excluding hydrogens is 761 g/mol. The summed E-state index contributed by atoms with van der Waals surface area (Å²) in [5.41, 5.74) is 21.0. The highest BCUT2D eigenvalue weighted by molar-refractivity contribution is 6.02. The summed E-state index contributed by atoms with van der Waals surface area (Å²) in [7, 11) is 0. The fourth-order valence-corrected chi connectivity index (χ4v) is 10.4. The lowest BCUT2D eigenvalue weighted by Gasteiger charge is -2.45. The van der Waals surface area contributed by atoms with Crippen molar-refractivity contribution in [2.75, 3.05) is 9.80 Å². The molecule has 2 heteroatoms. The van der Waals surface area contributed by atoms with Crippen molar-refractivity contribution < 1.29 is 0 Å². The quantitative estimate of drug-likeness (QED) is 0.158. The highest BCUT2D eigenvalue weighted by Crippen LogP contribution is 2.65. The van der Waals surface area contributed by atoms with Crippen LogP contribution in [-0.4, -0.2) is 0 Å². The van der Waals surface area contributed by atoms with Gasteiger partial charge in [0, 0.05) is 22.5 Å². The van der Waals surface area contributed by atoms with Crippen LogP contribution in [0.3, 0.4) is 0 Å². The van der Waals surface area contributed by atoms with Crippen LogP contribution < -0.4 is 9.80 Å². The zero-order valence-electron chi connectivity index (χ0n) is 34.6. The average Bonchev–Trinajstić information content (AvgIpc) is 3.67. The first-order valence-corrected chi connectivity index (χ1v) is 21.8. The van der Waals surface area contributed by atoms with E-state index in [1.165, 1.54) is 67.0 Å². The average molecular weight is 803 g/mol. The molecule has 0 amide bonds. The molecule has 10 aromatic carbocycles. The van der Waals surface area contributed by atoms with E-state index in [9.17, 15) is 0 Å². The van der Waals surface area contributed by atoms with E-state index in [1.54, 1.807) is 0 Å². The first-order chi connectivity index (χ1) is 31.3. The maximum atomic E-state index is 2.50. The lowest BCUT2D eigenvalue weighted by atomic mass is 9.64. The molecule has 296 valence electrons. The van der Waals surface area contributed by atoms with Crippen molar-refractivity contribution in [3.63, 3.8) is 0 Å². The molecule has 1 aliphatic carbocycles. The van der Waals surface area contributed by atoms with Gasteiger partial charge in [0.25, 0.3) is 0 Å². The predicted octanol–water partition coefficient (Wildman–Crippen LogP) is 16.3. The molecule has 0 saturated heterocycles. The van der Waals surface area contributed by atoms with Gasteiger partial charge in [-0.1, -0.05) is 206 Å². The lowest BCUT2D eigenvalue weighted by molar-refractivity contribution is 0.752. The van der Waals surface area contributed by atoms with E-state index in [2.05, 4.69) is 265 Å². The molecule has 0 fully saturated rings. The minimum Gasteiger partial charge on any atom is -0.310 e. The van der Waals surface area contributed by atoms with E-state index in [-0.39, 0.29) is 0 Å². The Morgan fingerprint density at radius 3 is 1.33 bits per heavy atom. The molecule has 2 nitrogen and oxygen atoms in total. The molecule has 0 saturated carbocycles. The zero-order chi connectivity index (χ0) is 41.7. The van der Waals surface area contributed by atoms with E-state index in [1.807, 2.05) is 0 Å². The van der Waals surface area contributed by atoms with Crippen LogP contribution in [0.15, 0.2) is 255 Å². The standard InChI is InChI=1S/C61H42N2/c1-4-19-43(20-5-1)45-35-37-47(38-36-45)50-25-11-15-31-56(50)62(49-41-39-46(40-42-49)44-21-6-2-7-22-44)59-34-18-30-55-60(59)51-26-10-12-27-52(51)61(55)53-28-13-16-32-57(53)63(48-23-8-3-9-24-48)58-33-17-14-29-54(58)61/h1-42H. The number of nitrogens with zero attached hydrogens (tertiary/aromatic N) is 2. The van der Waals surface area contributed by atoms with E-state index in [0.717, 1.165) is 33.9 Å². The van der Waals surface area contributed by atoms with Gasteiger partial charge in [0.1, 0.15) is 0 Å². The summed E-state index contributed by atoms with van der Waals surface area (Å²) in [5.74, 6) is 0. The summed E-state index contributed by atoms with van der Waals surface area (Å²) in [5, 5.41) is 0. The third-order valence-electron chi connectivity index (χ3n) is 13.1. The summed E-state index contributed by atoms with van der Waals surface area (Å²) in [6.07, 6.45) is 0. The summed E-state index contributed by atoms with van der Waals surface area (Å²) in [6.45, 7) is 0. The molecule has 0 N–H and O–H groups in total. The molecule has 0 radical (unpaired) electrons. The van der Waals surface area contributed by atoms with E-state index < -0.39 is 5.41 Å². The van der Waals surface area contributed by atoms with Gasteiger partial charge in [-0.05, 0) is 104 Å². The van der Waals surface area contributed by atoms with Crippen LogP contribution >= 0.6 is 0 Å². The molecule has 0 bridgehead atoms. The fraction of sp³-hybridized carbons (Fsp3) is 0.0164. The Labute approximate surface area is 369 Å². The Morgan fingerprint density at radius 2 is 0.714 bits per heavy atom. The number of hydrogen-bond acceptors (Lipinski definition) is 2. The van der Waals surface area contributed by atoms with Gasteiger partial charge in [0.2, 0.25) is 0 Å². The van der Waals surface area contributed by atoms with Crippen LogP contribution in [0.25, 0.3) is 44.5 Å². The van der Waals surface area contributed by atoms with Gasteiger partial charge < -0.3 is 9.80 Å². The first-order valence-electron chi connectivity index (χ1n) is 21.8. The topological polar surface area (TPSA) is 6.48 Å². The number of para-hydroxylation sites is 4. The monoisotopic (exact) mass is 802 g/mol. The number of fused-ring (bicyclic) bond motifs is 9. The second-order valence-corrected chi connectivity index (χ2v) is 16.4. The highest BCUT2D eigenvalue weighted by Gasteiger charge is 2.52. The van der Waals surface area contributed by atoms with Gasteiger partial charge in [-0.15, -0.1) is 0 Å². The van der Waals surface area contributed by atoms with Gasteiger partial charge in [0.15, 0.2) is 0 Å². The summed E-state index contributed by atoms with van der Waals surface area (Å²) in [4.78, 5) is 4.95. The van der Waals surface area contributed by atoms with Gasteiger partial charge in [-0.25, -0.2) is 0 Å². The molecule has 63 heavy (non-hydrogen) atoms. The first kappa shape index (κ1) is 36.6. The van der Waals surface area contributed by atoms with Gasteiger partial charge in [-0.3, -0.25) is 0 Å². The zero-order valence-corrected chi connectivity index (χ0v) is 34.6. The summed E-state index contributed by atoms with van der Waals surface area (Å²) in [6, 6.07) is 93.3. The largest absolute Gasteiger partial charge is 0.310 e. The van der Waals surface area contributed by atoms with Gasteiger partial charge in [-0.2, -0.15) is 0 Å². The molecule has 0 aromatic heterocycles. The van der Waals surface area contributed by atoms with E-state index in [0.29, 0.717) is 0 Å². The highest BCUT2D eigenvalue weighted by atomic mass is 15.2. The Kier molecular flexibility index (Phi) is 8.76. The van der Waals surface area contributed by atoms with Crippen LogP contribution in [0.4, 0.5) is 34.1 Å². The molecular formula is C61H42N2. The summed E-state index contributed by atoms with van der Waals surface area (Å²) >= 11 is 0. The third-order valence-corrected chi connectivity index (χ3v) is 13.1. The molecule has 1 aliphatic heterocycles. The maximum Gasteiger partial charge on any atom is 0.0755 e. The minimum absolute atomic E-state index is 0.573. The molecule has 2 aliphatic rings. The Hall–Kier alpha value is -8.20. The number of hydrogen-bond donors (Lipinski definition) is 0. The Balaban J connectivity index is 1.11. The van der Waals surface area contributed by atoms with Crippen molar-refractivity contribution in [3.05, 3.63) is 277 Å². The molecule has 0 atom stereocenters. The van der Waals surface area contributed by atoms with Crippen LogP contribution in [0, 0.1) is 0 Å². The van der Waals surface area contributed by atoms with Gasteiger partial charge in [0.05, 0.1) is 28.2 Å². The van der Waals surface area contributed by atoms with Crippen molar-refractivity contribution >= 4 is 34.1 Å². The van der Waals surface area contributed by atoms with Crippen LogP contribution in [0.1, 0.15) is 22.3 Å². The normalized spacial score (nSPS) is 12.9. The SMILES string of the molecule is c1ccc(-c2ccc(-c3ccccc3N(c3ccc(-c4ccccc4)cc3)c3cccc4c3-c3ccccc3C43c4ccccc4N(c4ccccc4)c4ccccc43)cc2)cc1. The molecule has 10 aromatic rings. The van der Waals surface area contributed by atoms with Crippen molar-refractivity contribution in [1.29, 1.82) is 0 Å². The number of anilines is 6. The third kappa shape index (κ3) is 5.80. The number of rotatable bonds is 7. The molecule has 1 spiro atoms. The van der Waals surface area contributed by atoms with Crippen molar-refractivity contribution in [2.45, 2.75) is 5.41 Å². The molecule has 1 heterocycles. The maximum absolute atomic E-state index is 2.50. The smallest absolute Gasteiger partial charge is 0.0755 e. The Morgan fingerprint density at radius 1 is 0.286 bits per heavy atom. The van der Waals surface area contributed by atoms with Crippen molar-refractivity contribution in [3.8, 4) is 44.5 Å². The van der Waals surface area contributed by atoms with Crippen LogP contribution in [-0.2, 0) is 5.41 Å². The predicted molar refractivity (Wildman–Crippen MR) is 263 cm³/mol. The molecule has 12 rings (SSSR count). The Bertz CT molecular complexity index is 3220. The number of benzene rings is 10. The fourth-order valence-electron chi connectivity index (χ4n) is 10.4. The van der Waals surface area contributed by atoms with Crippen molar-refractivity contribution in [2.24, 2.45) is 0 Å². The second-order valence-electron chi connectivity index (χ2n) is 16.4. The van der Waals surface area contributed by atoms with Crippen molar-refractivity contribution in [1.82, 2.24) is 0 Å². The van der Waals surface area contributed by atoms with E-state index in [4.69, 9.17) is 0 Å². The van der Waals surface area contributed by atoms with Crippen LogP contribution in [0.5, 0.6) is 0 Å². The second kappa shape index (κ2) is 15.1.